The van der Waals surface area contributed by atoms with Gasteiger partial charge in [0.25, 0.3) is 0 Å². The van der Waals surface area contributed by atoms with Crippen molar-refractivity contribution in [3.8, 4) is 116 Å². The molecule has 0 aliphatic rings. The molecule has 694 valence electrons. The van der Waals surface area contributed by atoms with E-state index in [1.165, 1.54) is 35.6 Å². The van der Waals surface area contributed by atoms with Crippen molar-refractivity contribution in [3.05, 3.63) is 403 Å². The van der Waals surface area contributed by atoms with E-state index in [1.54, 1.807) is 77.7 Å². The number of thiazole rings is 3. The normalized spacial score (nSPS) is 11.8. The number of aromatic hydroxyl groups is 3. The summed E-state index contributed by atoms with van der Waals surface area (Å²) in [6.07, 6.45) is 5.17. The third-order valence-electron chi connectivity index (χ3n) is 24.3. The number of benzene rings is 17. The van der Waals surface area contributed by atoms with E-state index in [0.29, 0.717) is 22.4 Å². The number of aliphatic imine (C=N–C) groups is 3. The summed E-state index contributed by atoms with van der Waals surface area (Å²) < 4.78 is 43.5. The molecular weight excluding hydrogens is 2320 g/mol. The van der Waals surface area contributed by atoms with Gasteiger partial charge in [-0.25, -0.2) is 19.3 Å². The molecule has 0 bridgehead atoms. The molecule has 0 spiro atoms. The Balaban J connectivity index is 0.000000145. The van der Waals surface area contributed by atoms with Crippen LogP contribution in [0.4, 0.5) is 25.8 Å². The topological polar surface area (TPSA) is 163 Å². The van der Waals surface area contributed by atoms with Crippen LogP contribution in [0.5, 0.6) is 17.2 Å². The molecule has 5 heterocycles. The van der Waals surface area contributed by atoms with Crippen LogP contribution in [0.3, 0.4) is 0 Å². The number of hydrogen-bond acceptors (Lipinski definition) is 14. The Morgan fingerprint density at radius 1 is 0.309 bits per heavy atom. The molecule has 0 radical (unpaired) electrons. The predicted octanol–water partition coefficient (Wildman–Crippen LogP) is 33.6. The number of nitrogens with zero attached hydrogens (tertiary/aromatic N) is 6. The van der Waals surface area contributed by atoms with Crippen molar-refractivity contribution in [3.63, 3.8) is 0 Å². The van der Waals surface area contributed by atoms with Gasteiger partial charge >= 0.3 is 0 Å². The quantitative estimate of drug-likeness (QED) is 0.0675. The van der Waals surface area contributed by atoms with Gasteiger partial charge in [0.15, 0.2) is 0 Å². The Bertz CT molecular complexity index is 8130. The maximum atomic E-state index is 13.7. The Kier molecular flexibility index (Phi) is 28.5. The molecule has 0 fully saturated rings. The van der Waals surface area contributed by atoms with Crippen LogP contribution < -0.4 is 0 Å². The maximum Gasteiger partial charge on any atom is 0.143 e. The molecule has 139 heavy (non-hydrogen) atoms. The first-order valence-electron chi connectivity index (χ1n) is 44.8. The first-order valence-corrected chi connectivity index (χ1v) is 47.2. The number of phenols is 3. The molecule has 17 aromatic carbocycles. The zero-order valence-corrected chi connectivity index (χ0v) is 86.1. The second kappa shape index (κ2) is 40.8. The number of halogens is 2. The molecule has 5 aromatic heterocycles. The second-order valence-electron chi connectivity index (χ2n) is 36.5. The van der Waals surface area contributed by atoms with Crippen LogP contribution in [0.15, 0.2) is 364 Å². The van der Waals surface area contributed by atoms with E-state index in [-0.39, 0.29) is 108 Å². The Hall–Kier alpha value is -13.7. The average Bonchev–Trinajstić information content (AvgIpc) is 1.57. The summed E-state index contributed by atoms with van der Waals surface area (Å²) >= 11 is 4.82. The van der Waals surface area contributed by atoms with Gasteiger partial charge in [0.2, 0.25) is 0 Å². The molecule has 0 saturated heterocycles. The van der Waals surface area contributed by atoms with Crippen LogP contribution in [-0.2, 0) is 79.4 Å². The molecule has 0 saturated carbocycles. The largest absolute Gasteiger partial charge is 0.507 e. The summed E-state index contributed by atoms with van der Waals surface area (Å²) in [5.74, 6) is -0.0979. The van der Waals surface area contributed by atoms with E-state index < -0.39 is 0 Å². The van der Waals surface area contributed by atoms with Gasteiger partial charge in [-0.3, -0.25) is 19.4 Å². The molecule has 11 nitrogen and oxygen atoms in total. The predicted molar refractivity (Wildman–Crippen MR) is 561 cm³/mol. The minimum atomic E-state index is -0.359. The molecular formula is C120H89F2N6O5Pt3S3-3. The molecule has 0 unspecified atom stereocenters. The van der Waals surface area contributed by atoms with Gasteiger partial charge in [-0.05, 0) is 152 Å². The van der Waals surface area contributed by atoms with E-state index in [4.69, 9.17) is 38.8 Å². The van der Waals surface area contributed by atoms with Gasteiger partial charge in [-0.15, -0.1) is 118 Å². The van der Waals surface area contributed by atoms with Gasteiger partial charge < -0.3 is 24.2 Å². The van der Waals surface area contributed by atoms with Crippen molar-refractivity contribution in [1.29, 1.82) is 0 Å². The monoisotopic (exact) mass is 2410 g/mol. The molecule has 22 aromatic rings. The first-order chi connectivity index (χ1) is 65.9. The zero-order chi connectivity index (χ0) is 93.7. The molecule has 0 amide bonds. The van der Waals surface area contributed by atoms with Crippen molar-refractivity contribution in [1.82, 2.24) is 15.0 Å². The third kappa shape index (κ3) is 20.1. The number of aromatic nitrogens is 3. The van der Waals surface area contributed by atoms with Gasteiger partial charge in [0.1, 0.15) is 54.8 Å². The maximum absolute atomic E-state index is 13.7. The number of hydrogen-bond donors (Lipinski definition) is 3. The molecule has 22 rings (SSSR count). The fraction of sp³-hybridized carbons (Fsp3) is 0.100. The zero-order valence-electron chi connectivity index (χ0n) is 76.8. The molecule has 0 atom stereocenters. The van der Waals surface area contributed by atoms with Crippen molar-refractivity contribution >= 4 is 144 Å². The van der Waals surface area contributed by atoms with Crippen molar-refractivity contribution in [2.75, 3.05) is 0 Å². The van der Waals surface area contributed by atoms with Crippen LogP contribution in [0.1, 0.15) is 95.7 Å². The van der Waals surface area contributed by atoms with Crippen molar-refractivity contribution < 1.29 is 96.1 Å². The average molecular weight is 2410 g/mol. The van der Waals surface area contributed by atoms with Crippen LogP contribution in [-0.4, -0.2) is 48.9 Å². The van der Waals surface area contributed by atoms with E-state index in [9.17, 15) is 24.1 Å². The second-order valence-corrected chi connectivity index (χ2v) is 39.5. The number of furan rings is 2. The summed E-state index contributed by atoms with van der Waals surface area (Å²) in [6, 6.07) is 119. The molecule has 19 heteroatoms. The van der Waals surface area contributed by atoms with Crippen LogP contribution in [0.2, 0.25) is 0 Å². The van der Waals surface area contributed by atoms with Gasteiger partial charge in [0, 0.05) is 165 Å². The minimum absolute atomic E-state index is 0. The van der Waals surface area contributed by atoms with Crippen LogP contribution in [0.25, 0.3) is 173 Å². The summed E-state index contributed by atoms with van der Waals surface area (Å²) in [5.41, 5.74) is 27.5. The number of phenolic OH excluding ortho intramolecular Hbond substituents is 3. The van der Waals surface area contributed by atoms with Gasteiger partial charge in [-0.1, -0.05) is 278 Å². The van der Waals surface area contributed by atoms with Gasteiger partial charge in [-0.2, -0.15) is 0 Å². The standard InChI is InChI=1S/C48H33N2O3S.C36H27F2N2OS.C36H29N2OS.3Pt/c1-48(2,3)29-22-25-40(51)28(26-29)27-49-39-19-7-4-14-38(39)47-50-43-32(35-17-10-15-33-30-12-5-8-20-41(30)52-44(33)35)23-24-37(46(43)54-47)36-18-11-16-34-31-13-6-9-21-42(31)53-45(34)36;1-36(2,3)25-12-19-32(41)24(20-25)21-39-31-7-5-4-6-30(31)35-40-33-28(22-8-13-26(37)14-9-22)17-18-29(34(33)42-35)23-10-15-27(38)16-11-23;1-36(2,3)27-18-21-32(39)26(22-27)23-37-31-17-11-10-16-30(31)35-38-33-28(24-12-6-4-7-13-24)19-20-29(34(33)40-35)25-14-8-5-9-15-25;;;/h4-16,18-27,51H,1-3H3;4-8,10-21,41H,1-3H3;4-12,14-23,39H,1-3H3;;;/q3*-1;;;. The molecule has 3 N–H and O–H groups in total. The smallest absolute Gasteiger partial charge is 0.143 e. The van der Waals surface area contributed by atoms with E-state index in [0.717, 1.165) is 201 Å². The number of fused-ring (bicyclic) bond motifs is 9. The summed E-state index contributed by atoms with van der Waals surface area (Å²) in [7, 11) is 0. The van der Waals surface area contributed by atoms with E-state index >= 15 is 0 Å². The van der Waals surface area contributed by atoms with E-state index in [2.05, 4.69) is 184 Å². The summed E-state index contributed by atoms with van der Waals surface area (Å²) in [5, 5.41) is 38.6. The SMILES string of the molecule is CC(C)(C)c1ccc(O)c(C=Nc2ccccc2-c2nc3c(-c4[c-]cc(F)cc4)ccc(-c4ccc(F)cc4)c3s2)c1.CC(C)(C)c1ccc(O)c(C=Nc2ccccc2-c2nc3c(-c4[c-]ccc5c4oc4ccccc45)ccc(-c4cccc5c4oc4ccccc45)c3s2)c1.CC(C)(C)c1ccc(O)c(C=Nc2ccccc2-c2nc3c(-c4[c-]cccc4)ccc(-c4ccccc4)c3s2)c1.[Pt].[Pt].[Pt]. The van der Waals surface area contributed by atoms with Crippen molar-refractivity contribution in [2.45, 2.75) is 78.6 Å². The fourth-order valence-corrected chi connectivity index (χ4v) is 20.5. The summed E-state index contributed by atoms with van der Waals surface area (Å²) in [4.78, 5) is 30.3. The summed E-state index contributed by atoms with van der Waals surface area (Å²) in [6.45, 7) is 19.3. The minimum Gasteiger partial charge on any atom is -0.507 e. The van der Waals surface area contributed by atoms with Crippen LogP contribution in [0, 0.1) is 29.8 Å². The fourth-order valence-electron chi connectivity index (χ4n) is 17.0. The molecule has 0 aliphatic heterocycles. The van der Waals surface area contributed by atoms with Crippen molar-refractivity contribution in [2.24, 2.45) is 15.0 Å². The van der Waals surface area contributed by atoms with Gasteiger partial charge in [0.05, 0.1) is 36.7 Å². The Morgan fingerprint density at radius 3 is 1.16 bits per heavy atom. The Labute approximate surface area is 859 Å². The first kappa shape index (κ1) is 97.0. The molecule has 0 aliphatic carbocycles. The number of rotatable bonds is 15. The van der Waals surface area contributed by atoms with Crippen LogP contribution >= 0.6 is 34.0 Å². The Morgan fingerprint density at radius 2 is 0.691 bits per heavy atom. The number of para-hydroxylation sites is 6. The third-order valence-corrected chi connectivity index (χ3v) is 27.7. The van der Waals surface area contributed by atoms with E-state index in [1.807, 2.05) is 176 Å².